The first-order chi connectivity index (χ1) is 14.3. The number of nitrogens with zero attached hydrogens (tertiary/aromatic N) is 1. The molecule has 162 valence electrons. The molecule has 0 aromatic heterocycles. The van der Waals surface area contributed by atoms with Crippen molar-refractivity contribution in [2.24, 2.45) is 5.41 Å². The summed E-state index contributed by atoms with van der Waals surface area (Å²) in [4.78, 5) is 15.5. The van der Waals surface area contributed by atoms with Crippen molar-refractivity contribution in [3.05, 3.63) is 71.8 Å². The first kappa shape index (κ1) is 22.5. The van der Waals surface area contributed by atoms with E-state index in [1.807, 2.05) is 62.1 Å². The highest BCUT2D eigenvalue weighted by Crippen LogP contribution is 2.44. The van der Waals surface area contributed by atoms with Crippen LogP contribution >= 0.6 is 0 Å². The SMILES string of the molecule is COCO[C@@H]1C[C@@H](C(OC)(c2ccccc2)c2ccccc2)N(C(=O)C(C)(C)C)C1. The van der Waals surface area contributed by atoms with Crippen LogP contribution in [0.1, 0.15) is 38.3 Å². The Morgan fingerprint density at radius 2 is 1.50 bits per heavy atom. The summed E-state index contributed by atoms with van der Waals surface area (Å²) in [6.45, 7) is 6.57. The molecular formula is C25H33NO4. The van der Waals surface area contributed by atoms with E-state index in [-0.39, 0.29) is 24.8 Å². The van der Waals surface area contributed by atoms with E-state index in [4.69, 9.17) is 14.2 Å². The molecule has 1 aliphatic heterocycles. The third-order valence-corrected chi connectivity index (χ3v) is 5.78. The zero-order valence-electron chi connectivity index (χ0n) is 18.6. The minimum atomic E-state index is -0.811. The topological polar surface area (TPSA) is 48.0 Å². The summed E-state index contributed by atoms with van der Waals surface area (Å²) in [5.74, 6) is 0.0873. The maximum atomic E-state index is 13.5. The molecule has 1 heterocycles. The van der Waals surface area contributed by atoms with Crippen LogP contribution in [0.2, 0.25) is 0 Å². The number of benzene rings is 2. The smallest absolute Gasteiger partial charge is 0.228 e. The first-order valence-corrected chi connectivity index (χ1v) is 10.4. The van der Waals surface area contributed by atoms with Crippen molar-refractivity contribution in [2.45, 2.75) is 44.9 Å². The maximum absolute atomic E-state index is 13.5. The Balaban J connectivity index is 2.15. The van der Waals surface area contributed by atoms with Crippen molar-refractivity contribution < 1.29 is 19.0 Å². The minimum Gasteiger partial charge on any atom is -0.367 e. The third-order valence-electron chi connectivity index (χ3n) is 5.78. The van der Waals surface area contributed by atoms with Crippen LogP contribution in [0.5, 0.6) is 0 Å². The lowest BCUT2D eigenvalue weighted by atomic mass is 9.78. The number of ether oxygens (including phenoxy) is 3. The molecular weight excluding hydrogens is 378 g/mol. The van der Waals surface area contributed by atoms with Crippen molar-refractivity contribution in [1.82, 2.24) is 4.90 Å². The molecule has 1 amide bonds. The van der Waals surface area contributed by atoms with Gasteiger partial charge in [0.2, 0.25) is 5.91 Å². The Kier molecular flexibility index (Phi) is 6.96. The highest BCUT2D eigenvalue weighted by Gasteiger charge is 2.52. The largest absolute Gasteiger partial charge is 0.367 e. The third kappa shape index (κ3) is 4.29. The van der Waals surface area contributed by atoms with E-state index in [2.05, 4.69) is 24.3 Å². The predicted octanol–water partition coefficient (Wildman–Crippen LogP) is 4.21. The molecule has 2 aromatic carbocycles. The average molecular weight is 412 g/mol. The van der Waals surface area contributed by atoms with Crippen LogP contribution in [-0.2, 0) is 24.6 Å². The lowest BCUT2D eigenvalue weighted by Crippen LogP contribution is -2.53. The minimum absolute atomic E-state index is 0.0873. The molecule has 2 atom stereocenters. The highest BCUT2D eigenvalue weighted by atomic mass is 16.7. The van der Waals surface area contributed by atoms with E-state index in [1.54, 1.807) is 14.2 Å². The molecule has 30 heavy (non-hydrogen) atoms. The Labute approximate surface area is 179 Å². The van der Waals surface area contributed by atoms with Gasteiger partial charge < -0.3 is 19.1 Å². The van der Waals surface area contributed by atoms with Crippen molar-refractivity contribution in [3.8, 4) is 0 Å². The Morgan fingerprint density at radius 3 is 1.93 bits per heavy atom. The quantitative estimate of drug-likeness (QED) is 0.641. The fourth-order valence-corrected chi connectivity index (χ4v) is 4.42. The highest BCUT2D eigenvalue weighted by molar-refractivity contribution is 5.82. The second-order valence-electron chi connectivity index (χ2n) is 8.83. The van der Waals surface area contributed by atoms with Gasteiger partial charge in [-0.1, -0.05) is 81.4 Å². The van der Waals surface area contributed by atoms with Crippen LogP contribution in [0.15, 0.2) is 60.7 Å². The fourth-order valence-electron chi connectivity index (χ4n) is 4.42. The van der Waals surface area contributed by atoms with Crippen LogP contribution < -0.4 is 0 Å². The normalized spacial score (nSPS) is 19.8. The molecule has 0 radical (unpaired) electrons. The summed E-state index contributed by atoms with van der Waals surface area (Å²) in [6.07, 6.45) is 0.534. The van der Waals surface area contributed by atoms with Crippen LogP contribution in [0, 0.1) is 5.41 Å². The van der Waals surface area contributed by atoms with E-state index in [1.165, 1.54) is 0 Å². The zero-order chi connectivity index (χ0) is 21.8. The first-order valence-electron chi connectivity index (χ1n) is 10.4. The van der Waals surface area contributed by atoms with E-state index >= 15 is 0 Å². The monoisotopic (exact) mass is 411 g/mol. The van der Waals surface area contributed by atoms with Gasteiger partial charge in [-0.3, -0.25) is 4.79 Å². The summed E-state index contributed by atoms with van der Waals surface area (Å²) in [6, 6.07) is 20.1. The number of methoxy groups -OCH3 is 2. The standard InChI is InChI=1S/C25H33NO4/c1-24(2,3)23(27)26-17-21(30-18-28-4)16-22(26)25(29-5,19-12-8-6-9-13-19)20-14-10-7-11-15-20/h6-15,21-22H,16-18H2,1-5H3/t21-,22+/m1/s1. The molecule has 0 N–H and O–H groups in total. The fraction of sp³-hybridized carbons (Fsp3) is 0.480. The molecule has 0 spiro atoms. The number of carbonyl (C=O) groups excluding carboxylic acids is 1. The van der Waals surface area contributed by atoms with Gasteiger partial charge in [-0.25, -0.2) is 0 Å². The zero-order valence-corrected chi connectivity index (χ0v) is 18.6. The molecule has 3 rings (SSSR count). The lowest BCUT2D eigenvalue weighted by Gasteiger charge is -2.44. The van der Waals surface area contributed by atoms with Crippen molar-refractivity contribution in [3.63, 3.8) is 0 Å². The van der Waals surface area contributed by atoms with Gasteiger partial charge in [-0.15, -0.1) is 0 Å². The van der Waals surface area contributed by atoms with E-state index in [0.29, 0.717) is 13.0 Å². The molecule has 5 nitrogen and oxygen atoms in total. The average Bonchev–Trinajstić information content (AvgIpc) is 3.18. The van der Waals surface area contributed by atoms with Crippen LogP contribution in [0.25, 0.3) is 0 Å². The molecule has 2 aromatic rings. The molecule has 0 saturated carbocycles. The molecule has 0 unspecified atom stereocenters. The lowest BCUT2D eigenvalue weighted by molar-refractivity contribution is -0.146. The molecule has 1 saturated heterocycles. The Bertz CT molecular complexity index is 777. The number of hydrogen-bond donors (Lipinski definition) is 0. The van der Waals surface area contributed by atoms with Gasteiger partial charge in [0, 0.05) is 26.2 Å². The summed E-state index contributed by atoms with van der Waals surface area (Å²) in [7, 11) is 3.33. The summed E-state index contributed by atoms with van der Waals surface area (Å²) < 4.78 is 17.4. The predicted molar refractivity (Wildman–Crippen MR) is 117 cm³/mol. The van der Waals surface area contributed by atoms with Crippen molar-refractivity contribution in [1.29, 1.82) is 0 Å². The summed E-state index contributed by atoms with van der Waals surface area (Å²) in [5.41, 5.74) is 0.709. The van der Waals surface area contributed by atoms with E-state index < -0.39 is 11.0 Å². The van der Waals surface area contributed by atoms with Gasteiger partial charge in [0.1, 0.15) is 12.4 Å². The van der Waals surface area contributed by atoms with Gasteiger partial charge in [0.25, 0.3) is 0 Å². The number of hydrogen-bond acceptors (Lipinski definition) is 4. The van der Waals surface area contributed by atoms with E-state index in [0.717, 1.165) is 11.1 Å². The van der Waals surface area contributed by atoms with Gasteiger partial charge in [0.15, 0.2) is 0 Å². The van der Waals surface area contributed by atoms with Gasteiger partial charge in [-0.05, 0) is 17.5 Å². The Morgan fingerprint density at radius 1 is 0.967 bits per heavy atom. The second-order valence-corrected chi connectivity index (χ2v) is 8.83. The number of rotatable bonds is 7. The summed E-state index contributed by atoms with van der Waals surface area (Å²) in [5, 5.41) is 0. The van der Waals surface area contributed by atoms with Gasteiger partial charge in [0.05, 0.1) is 12.1 Å². The molecule has 5 heteroatoms. The van der Waals surface area contributed by atoms with Crippen molar-refractivity contribution in [2.75, 3.05) is 27.6 Å². The Hall–Kier alpha value is -2.21. The molecule has 1 fully saturated rings. The summed E-state index contributed by atoms with van der Waals surface area (Å²) >= 11 is 0. The number of carbonyl (C=O) groups is 1. The molecule has 0 bridgehead atoms. The van der Waals surface area contributed by atoms with Gasteiger partial charge in [-0.2, -0.15) is 0 Å². The molecule has 1 aliphatic rings. The van der Waals surface area contributed by atoms with Crippen LogP contribution in [0.3, 0.4) is 0 Å². The van der Waals surface area contributed by atoms with Crippen LogP contribution in [0.4, 0.5) is 0 Å². The van der Waals surface area contributed by atoms with Crippen LogP contribution in [-0.4, -0.2) is 50.5 Å². The second kappa shape index (κ2) is 9.29. The van der Waals surface area contributed by atoms with Crippen molar-refractivity contribution >= 4 is 5.91 Å². The number of likely N-dealkylation sites (tertiary alicyclic amines) is 1. The van der Waals surface area contributed by atoms with Gasteiger partial charge >= 0.3 is 0 Å². The van der Waals surface area contributed by atoms with E-state index in [9.17, 15) is 4.79 Å². The molecule has 0 aliphatic carbocycles. The maximum Gasteiger partial charge on any atom is 0.228 e. The number of amides is 1.